The van der Waals surface area contributed by atoms with Crippen molar-refractivity contribution in [2.75, 3.05) is 37.4 Å². The number of ether oxygens (including phenoxy) is 2. The molecule has 1 aliphatic heterocycles. The van der Waals surface area contributed by atoms with Gasteiger partial charge in [-0.1, -0.05) is 0 Å². The summed E-state index contributed by atoms with van der Waals surface area (Å²) in [5.41, 5.74) is 6.54. The lowest BCUT2D eigenvalue weighted by Crippen LogP contribution is -2.32. The van der Waals surface area contributed by atoms with E-state index in [0.717, 1.165) is 19.6 Å². The van der Waals surface area contributed by atoms with Crippen LogP contribution in [0.15, 0.2) is 12.3 Å². The minimum absolute atomic E-state index is 0.104. The first kappa shape index (κ1) is 13.6. The van der Waals surface area contributed by atoms with Crippen molar-refractivity contribution in [2.24, 2.45) is 0 Å². The highest BCUT2D eigenvalue weighted by molar-refractivity contribution is 5.95. The molecule has 0 aromatic carbocycles. The van der Waals surface area contributed by atoms with Gasteiger partial charge in [0.25, 0.3) is 0 Å². The van der Waals surface area contributed by atoms with Gasteiger partial charge < -0.3 is 20.1 Å². The zero-order valence-corrected chi connectivity index (χ0v) is 11.3. The van der Waals surface area contributed by atoms with Crippen LogP contribution in [0.4, 0.5) is 11.5 Å². The summed E-state index contributed by atoms with van der Waals surface area (Å²) < 4.78 is 10.4. The number of carbonyl (C=O) groups excluding carboxylic acids is 1. The van der Waals surface area contributed by atoms with Crippen LogP contribution in [-0.4, -0.2) is 43.9 Å². The standard InChI is InChI=1S/C13H19N3O3/c1-9-8-16(4-3-5-19-9)12-11(13(17)18-2)6-10(14)7-15-12/h6-7,9H,3-5,8,14H2,1-2H3. The highest BCUT2D eigenvalue weighted by atomic mass is 16.5. The number of pyridine rings is 1. The van der Waals surface area contributed by atoms with Crippen molar-refractivity contribution in [3.63, 3.8) is 0 Å². The molecule has 0 spiro atoms. The van der Waals surface area contributed by atoms with Gasteiger partial charge in [-0.25, -0.2) is 9.78 Å². The number of aromatic nitrogens is 1. The SMILES string of the molecule is COC(=O)c1cc(N)cnc1N1CCCOC(C)C1. The maximum atomic E-state index is 11.8. The second-order valence-electron chi connectivity index (χ2n) is 4.61. The molecule has 1 aromatic rings. The fraction of sp³-hybridized carbons (Fsp3) is 0.538. The Kier molecular flexibility index (Phi) is 4.21. The number of nitrogens with two attached hydrogens (primary N) is 1. The minimum Gasteiger partial charge on any atom is -0.465 e. The molecule has 1 unspecified atom stereocenters. The van der Waals surface area contributed by atoms with Crippen molar-refractivity contribution in [3.05, 3.63) is 17.8 Å². The van der Waals surface area contributed by atoms with E-state index in [9.17, 15) is 4.79 Å². The summed E-state index contributed by atoms with van der Waals surface area (Å²) in [6.45, 7) is 4.22. The van der Waals surface area contributed by atoms with E-state index in [0.29, 0.717) is 23.6 Å². The zero-order valence-electron chi connectivity index (χ0n) is 11.3. The summed E-state index contributed by atoms with van der Waals surface area (Å²) >= 11 is 0. The molecule has 6 heteroatoms. The first-order valence-corrected chi connectivity index (χ1v) is 6.32. The van der Waals surface area contributed by atoms with Crippen LogP contribution < -0.4 is 10.6 Å². The fourth-order valence-electron chi connectivity index (χ4n) is 2.17. The molecule has 1 fully saturated rings. The molecule has 19 heavy (non-hydrogen) atoms. The number of carbonyl (C=O) groups is 1. The van der Waals surface area contributed by atoms with Gasteiger partial charge in [0, 0.05) is 19.7 Å². The number of esters is 1. The van der Waals surface area contributed by atoms with Gasteiger partial charge in [0.05, 0.1) is 25.1 Å². The summed E-state index contributed by atoms with van der Waals surface area (Å²) in [5.74, 6) is 0.186. The van der Waals surface area contributed by atoms with Gasteiger partial charge in [-0.15, -0.1) is 0 Å². The van der Waals surface area contributed by atoms with Crippen molar-refractivity contribution in [3.8, 4) is 0 Å². The van der Waals surface area contributed by atoms with Crippen molar-refractivity contribution < 1.29 is 14.3 Å². The van der Waals surface area contributed by atoms with Crippen LogP contribution in [-0.2, 0) is 9.47 Å². The number of anilines is 2. The summed E-state index contributed by atoms with van der Waals surface area (Å²) in [7, 11) is 1.35. The van der Waals surface area contributed by atoms with Gasteiger partial charge in [-0.3, -0.25) is 0 Å². The topological polar surface area (TPSA) is 77.7 Å². The summed E-state index contributed by atoms with van der Waals surface area (Å²) in [4.78, 5) is 18.2. The van der Waals surface area contributed by atoms with Crippen molar-refractivity contribution in [1.82, 2.24) is 4.98 Å². The lowest BCUT2D eigenvalue weighted by atomic mass is 10.2. The quantitative estimate of drug-likeness (QED) is 0.806. The molecule has 1 atom stereocenters. The van der Waals surface area contributed by atoms with Crippen LogP contribution in [0.25, 0.3) is 0 Å². The molecule has 0 radical (unpaired) electrons. The molecule has 1 aromatic heterocycles. The lowest BCUT2D eigenvalue weighted by Gasteiger charge is -2.24. The maximum Gasteiger partial charge on any atom is 0.341 e. The second kappa shape index (κ2) is 5.88. The number of methoxy groups -OCH3 is 1. The minimum atomic E-state index is -0.424. The van der Waals surface area contributed by atoms with E-state index in [1.54, 1.807) is 12.3 Å². The van der Waals surface area contributed by atoms with E-state index in [-0.39, 0.29) is 6.10 Å². The van der Waals surface area contributed by atoms with Gasteiger partial charge in [0.1, 0.15) is 11.4 Å². The lowest BCUT2D eigenvalue weighted by molar-refractivity contribution is 0.0600. The van der Waals surface area contributed by atoms with Gasteiger partial charge in [0.2, 0.25) is 0 Å². The molecular formula is C13H19N3O3. The third kappa shape index (κ3) is 3.14. The third-order valence-corrected chi connectivity index (χ3v) is 3.04. The zero-order chi connectivity index (χ0) is 13.8. The summed E-state index contributed by atoms with van der Waals surface area (Å²) in [6, 6.07) is 1.60. The smallest absolute Gasteiger partial charge is 0.341 e. The molecule has 0 bridgehead atoms. The number of hydrogen-bond donors (Lipinski definition) is 1. The molecule has 1 saturated heterocycles. The molecule has 0 aliphatic carbocycles. The predicted octanol–water partition coefficient (Wildman–Crippen LogP) is 1.07. The maximum absolute atomic E-state index is 11.8. The van der Waals surface area contributed by atoms with Crippen LogP contribution >= 0.6 is 0 Å². The molecule has 104 valence electrons. The number of nitrogen functional groups attached to an aromatic ring is 1. The van der Waals surface area contributed by atoms with E-state index >= 15 is 0 Å². The molecule has 2 rings (SSSR count). The highest BCUT2D eigenvalue weighted by Gasteiger charge is 2.22. The van der Waals surface area contributed by atoms with E-state index in [1.807, 2.05) is 11.8 Å². The molecule has 6 nitrogen and oxygen atoms in total. The molecule has 0 amide bonds. The van der Waals surface area contributed by atoms with Crippen molar-refractivity contribution in [1.29, 1.82) is 0 Å². The van der Waals surface area contributed by atoms with Gasteiger partial charge in [-0.2, -0.15) is 0 Å². The van der Waals surface area contributed by atoms with Gasteiger partial charge in [-0.05, 0) is 19.4 Å². The van der Waals surface area contributed by atoms with E-state index in [1.165, 1.54) is 7.11 Å². The van der Waals surface area contributed by atoms with E-state index in [2.05, 4.69) is 4.98 Å². The Hall–Kier alpha value is -1.82. The van der Waals surface area contributed by atoms with Crippen LogP contribution in [0.2, 0.25) is 0 Å². The Bertz CT molecular complexity index is 464. The molecule has 2 heterocycles. The highest BCUT2D eigenvalue weighted by Crippen LogP contribution is 2.23. The normalized spacial score (nSPS) is 19.9. The second-order valence-corrected chi connectivity index (χ2v) is 4.61. The fourth-order valence-corrected chi connectivity index (χ4v) is 2.17. The number of rotatable bonds is 2. The Morgan fingerprint density at radius 2 is 2.42 bits per heavy atom. The summed E-state index contributed by atoms with van der Waals surface area (Å²) in [6.07, 6.45) is 2.56. The first-order chi connectivity index (χ1) is 9.11. The molecule has 2 N–H and O–H groups in total. The largest absolute Gasteiger partial charge is 0.465 e. The number of nitrogens with zero attached hydrogens (tertiary/aromatic N) is 2. The monoisotopic (exact) mass is 265 g/mol. The Labute approximate surface area is 112 Å². The molecule has 1 aliphatic rings. The van der Waals surface area contributed by atoms with E-state index < -0.39 is 5.97 Å². The summed E-state index contributed by atoms with van der Waals surface area (Å²) in [5, 5.41) is 0. The Morgan fingerprint density at radius 3 is 3.16 bits per heavy atom. The average molecular weight is 265 g/mol. The average Bonchev–Trinajstić information content (AvgIpc) is 2.62. The van der Waals surface area contributed by atoms with E-state index in [4.69, 9.17) is 15.2 Å². The predicted molar refractivity (Wildman–Crippen MR) is 72.2 cm³/mol. The third-order valence-electron chi connectivity index (χ3n) is 3.04. The Morgan fingerprint density at radius 1 is 1.63 bits per heavy atom. The van der Waals surface area contributed by atoms with Crippen LogP contribution in [0.3, 0.4) is 0 Å². The molecular weight excluding hydrogens is 246 g/mol. The van der Waals surface area contributed by atoms with Gasteiger partial charge in [0.15, 0.2) is 0 Å². The first-order valence-electron chi connectivity index (χ1n) is 6.32. The van der Waals surface area contributed by atoms with Gasteiger partial charge >= 0.3 is 5.97 Å². The number of hydrogen-bond acceptors (Lipinski definition) is 6. The van der Waals surface area contributed by atoms with Crippen molar-refractivity contribution >= 4 is 17.5 Å². The van der Waals surface area contributed by atoms with Crippen LogP contribution in [0.1, 0.15) is 23.7 Å². The van der Waals surface area contributed by atoms with Crippen LogP contribution in [0, 0.1) is 0 Å². The van der Waals surface area contributed by atoms with Crippen LogP contribution in [0.5, 0.6) is 0 Å². The Balaban J connectivity index is 2.34. The van der Waals surface area contributed by atoms with Crippen molar-refractivity contribution in [2.45, 2.75) is 19.4 Å². The molecule has 0 saturated carbocycles.